The third-order valence-electron chi connectivity index (χ3n) is 9.51. The van der Waals surface area contributed by atoms with E-state index >= 15 is 0 Å². The van der Waals surface area contributed by atoms with Crippen LogP contribution in [0.4, 0.5) is 0 Å². The Labute approximate surface area is 315 Å². The summed E-state index contributed by atoms with van der Waals surface area (Å²) in [6.07, 6.45) is 3.22. The highest BCUT2D eigenvalue weighted by Crippen LogP contribution is 2.37. The van der Waals surface area contributed by atoms with Crippen molar-refractivity contribution in [3.63, 3.8) is 0 Å². The van der Waals surface area contributed by atoms with E-state index in [1.54, 1.807) is 7.11 Å². The molecule has 1 heterocycles. The maximum Gasteiger partial charge on any atom is 0.308 e. The van der Waals surface area contributed by atoms with Gasteiger partial charge in [-0.15, -0.1) is 0 Å². The molecule has 1 saturated heterocycles. The molecule has 1 aliphatic heterocycles. The number of methoxy groups -OCH3 is 1. The van der Waals surface area contributed by atoms with Gasteiger partial charge in [-0.2, -0.15) is 0 Å². The third-order valence-corrected chi connectivity index (χ3v) is 15.6. The van der Waals surface area contributed by atoms with E-state index in [-0.39, 0.29) is 41.8 Å². The maximum atomic E-state index is 12.5. The van der Waals surface area contributed by atoms with E-state index in [0.717, 1.165) is 29.7 Å². The molecule has 0 N–H and O–H groups in total. The number of carbonyl (C=O) groups is 1. The average Bonchev–Trinajstić information content (AvgIpc) is 3.08. The van der Waals surface area contributed by atoms with Crippen molar-refractivity contribution in [2.45, 2.75) is 122 Å². The highest BCUT2D eigenvalue weighted by molar-refractivity contribution is 6.99. The topological polar surface area (TPSA) is 72.5 Å². The van der Waals surface area contributed by atoms with Crippen LogP contribution in [0.5, 0.6) is 5.75 Å². The van der Waals surface area contributed by atoms with Crippen molar-refractivity contribution in [1.82, 2.24) is 0 Å². The molecule has 0 saturated carbocycles. The fourth-order valence-electron chi connectivity index (χ4n) is 7.35. The molecule has 9 heteroatoms. The molecule has 0 bridgehead atoms. The Bertz CT molecular complexity index is 1480. The molecule has 0 aliphatic carbocycles. The fraction of sp³-hybridized carbons (Fsp3) is 0.512. The Morgan fingerprint density at radius 1 is 0.865 bits per heavy atom. The van der Waals surface area contributed by atoms with Gasteiger partial charge in [0, 0.05) is 13.0 Å². The van der Waals surface area contributed by atoms with Gasteiger partial charge < -0.3 is 27.8 Å². The van der Waals surface area contributed by atoms with Gasteiger partial charge in [-0.3, -0.25) is 4.79 Å². The summed E-state index contributed by atoms with van der Waals surface area (Å²) in [5.74, 6) is 0.586. The normalized spacial score (nSPS) is 18.1. The molecule has 1 fully saturated rings. The summed E-state index contributed by atoms with van der Waals surface area (Å²) in [4.78, 5) is 12.5. The van der Waals surface area contributed by atoms with Crippen molar-refractivity contribution in [1.29, 1.82) is 0 Å². The van der Waals surface area contributed by atoms with E-state index in [2.05, 4.69) is 108 Å². The molecule has 0 aromatic heterocycles. The van der Waals surface area contributed by atoms with Crippen LogP contribution in [0, 0.1) is 0 Å². The molecular formula is C43H62O7Si2. The zero-order valence-corrected chi connectivity index (χ0v) is 34.8. The molecule has 3 aromatic carbocycles. The van der Waals surface area contributed by atoms with Crippen LogP contribution in [0.2, 0.25) is 24.7 Å². The van der Waals surface area contributed by atoms with Crippen molar-refractivity contribution in [2.24, 2.45) is 0 Å². The van der Waals surface area contributed by atoms with Gasteiger partial charge in [0.15, 0.2) is 8.32 Å². The number of carbonyl (C=O) groups excluding carboxylic acids is 1. The molecule has 4 rings (SSSR count). The number of ether oxygens (including phenoxy) is 4. The first-order chi connectivity index (χ1) is 24.7. The van der Waals surface area contributed by atoms with Gasteiger partial charge in [-0.05, 0) is 85.4 Å². The van der Waals surface area contributed by atoms with Crippen LogP contribution in [-0.2, 0) is 34.5 Å². The van der Waals surface area contributed by atoms with Gasteiger partial charge >= 0.3 is 5.97 Å². The second-order valence-electron chi connectivity index (χ2n) is 16.0. The Balaban J connectivity index is 1.54. The summed E-state index contributed by atoms with van der Waals surface area (Å²) >= 11 is 0. The molecule has 0 spiro atoms. The molecule has 4 atom stereocenters. The Kier molecular flexibility index (Phi) is 15.5. The molecule has 3 aromatic rings. The van der Waals surface area contributed by atoms with Crippen LogP contribution >= 0.6 is 0 Å². The molecule has 1 aliphatic rings. The molecule has 7 nitrogen and oxygen atoms in total. The zero-order valence-electron chi connectivity index (χ0n) is 32.8. The highest BCUT2D eigenvalue weighted by atomic mass is 28.4. The fourth-order valence-corrected chi connectivity index (χ4v) is 13.1. The quantitative estimate of drug-likeness (QED) is 0.0692. The van der Waals surface area contributed by atoms with Gasteiger partial charge in [0.05, 0.1) is 51.2 Å². The Morgan fingerprint density at radius 2 is 1.42 bits per heavy atom. The van der Waals surface area contributed by atoms with Crippen LogP contribution in [0.1, 0.15) is 71.8 Å². The van der Waals surface area contributed by atoms with Crippen molar-refractivity contribution in [3.05, 3.63) is 103 Å². The standard InChI is InChI=1S/C43H62O7Si2/c1-10-46-42(44)31-39(50-51(7,8)9)30-38-28-33(2)27-37(49-38)29-36(47-32-34-21-23-35(45-6)24-22-34)25-26-48-52(43(3,4)5,40-17-13-11-14-18-40)41-19-15-12-16-20-41/h11-24,36-39H,2,10,25-32H2,1,3-9H3/t36-,37?,38?,39+/m0/s1. The van der Waals surface area contributed by atoms with Crippen LogP contribution in [0.15, 0.2) is 97.1 Å². The van der Waals surface area contributed by atoms with Crippen LogP contribution < -0.4 is 15.1 Å². The summed E-state index contributed by atoms with van der Waals surface area (Å²) in [5.41, 5.74) is 2.23. The summed E-state index contributed by atoms with van der Waals surface area (Å²) in [7, 11) is -2.95. The largest absolute Gasteiger partial charge is 0.497 e. The Hall–Kier alpha value is -3.06. The average molecular weight is 747 g/mol. The summed E-state index contributed by atoms with van der Waals surface area (Å²) in [5, 5.41) is 2.40. The lowest BCUT2D eigenvalue weighted by Gasteiger charge is -2.43. The van der Waals surface area contributed by atoms with Crippen molar-refractivity contribution < 1.29 is 32.6 Å². The number of hydrogen-bond acceptors (Lipinski definition) is 7. The van der Waals surface area contributed by atoms with E-state index in [9.17, 15) is 4.79 Å². The molecule has 284 valence electrons. The number of hydrogen-bond donors (Lipinski definition) is 0. The first-order valence-corrected chi connectivity index (χ1v) is 24.2. The van der Waals surface area contributed by atoms with Gasteiger partial charge in [0.2, 0.25) is 0 Å². The van der Waals surface area contributed by atoms with Crippen molar-refractivity contribution in [2.75, 3.05) is 20.3 Å². The molecule has 0 radical (unpaired) electrons. The van der Waals surface area contributed by atoms with Gasteiger partial charge in [0.25, 0.3) is 8.32 Å². The lowest BCUT2D eigenvalue weighted by atomic mass is 9.92. The number of esters is 1. The minimum absolute atomic E-state index is 0.0740. The van der Waals surface area contributed by atoms with Crippen LogP contribution in [0.25, 0.3) is 0 Å². The van der Waals surface area contributed by atoms with E-state index < -0.39 is 16.6 Å². The molecule has 52 heavy (non-hydrogen) atoms. The van der Waals surface area contributed by atoms with Crippen molar-refractivity contribution in [3.8, 4) is 5.75 Å². The first kappa shape index (κ1) is 41.7. The SMILES string of the molecule is C=C1CC(C[C@H](CCO[Si](c2ccccc2)(c2ccccc2)C(C)(C)C)OCc2ccc(OC)cc2)OC(C[C@H](CC(=O)OCC)O[Si](C)(C)C)C1. The maximum absolute atomic E-state index is 12.5. The number of benzene rings is 3. The molecular weight excluding hydrogens is 685 g/mol. The lowest BCUT2D eigenvalue weighted by Crippen LogP contribution is -2.66. The van der Waals surface area contributed by atoms with E-state index in [1.807, 2.05) is 31.2 Å². The van der Waals surface area contributed by atoms with E-state index in [1.165, 1.54) is 10.4 Å². The zero-order chi connectivity index (χ0) is 37.8. The second-order valence-corrected chi connectivity index (χ2v) is 24.7. The number of rotatable bonds is 19. The van der Waals surface area contributed by atoms with Gasteiger partial charge in [0.1, 0.15) is 5.75 Å². The smallest absolute Gasteiger partial charge is 0.308 e. The summed E-state index contributed by atoms with van der Waals surface area (Å²) in [6, 6.07) is 29.5. The molecule has 2 unspecified atom stereocenters. The van der Waals surface area contributed by atoms with Crippen LogP contribution in [0.3, 0.4) is 0 Å². The summed E-state index contributed by atoms with van der Waals surface area (Å²) in [6.45, 7) is 21.0. The monoisotopic (exact) mass is 746 g/mol. The second kappa shape index (κ2) is 19.3. The van der Waals surface area contributed by atoms with E-state index in [4.69, 9.17) is 27.8 Å². The van der Waals surface area contributed by atoms with E-state index in [0.29, 0.717) is 39.1 Å². The predicted octanol–water partition coefficient (Wildman–Crippen LogP) is 8.60. The van der Waals surface area contributed by atoms with Crippen molar-refractivity contribution >= 4 is 33.0 Å². The Morgan fingerprint density at radius 3 is 1.92 bits per heavy atom. The minimum atomic E-state index is -2.71. The van der Waals surface area contributed by atoms with Crippen LogP contribution in [-0.4, -0.2) is 67.3 Å². The highest BCUT2D eigenvalue weighted by Gasteiger charge is 2.50. The summed E-state index contributed by atoms with van der Waals surface area (Å²) < 4.78 is 38.0. The lowest BCUT2D eigenvalue weighted by molar-refractivity contribution is -0.145. The third kappa shape index (κ3) is 12.2. The molecule has 0 amide bonds. The predicted molar refractivity (Wildman–Crippen MR) is 215 cm³/mol. The minimum Gasteiger partial charge on any atom is -0.497 e. The first-order valence-electron chi connectivity index (χ1n) is 18.9. The van der Waals surface area contributed by atoms with Gasteiger partial charge in [-0.25, -0.2) is 0 Å². The van der Waals surface area contributed by atoms with Gasteiger partial charge in [-0.1, -0.05) is 106 Å².